The van der Waals surface area contributed by atoms with E-state index in [1.165, 1.54) is 4.57 Å². The number of rotatable bonds is 4. The number of amides is 1. The van der Waals surface area contributed by atoms with Gasteiger partial charge in [0.25, 0.3) is 0 Å². The zero-order valence-corrected chi connectivity index (χ0v) is 10.5. The molecule has 0 fully saturated rings. The van der Waals surface area contributed by atoms with Crippen LogP contribution in [0, 0.1) is 4.77 Å². The molecule has 90 valence electrons. The quantitative estimate of drug-likeness (QED) is 0.772. The lowest BCUT2D eigenvalue weighted by Gasteiger charge is -2.23. The third-order valence-electron chi connectivity index (χ3n) is 2.55. The van der Waals surface area contributed by atoms with Gasteiger partial charge in [-0.05, 0) is 33.0 Å². The molecule has 0 aliphatic rings. The average molecular weight is 243 g/mol. The molecule has 1 amide bonds. The Morgan fingerprint density at radius 1 is 1.62 bits per heavy atom. The number of nitrogens with zero attached hydrogens (tertiary/aromatic N) is 3. The van der Waals surface area contributed by atoms with Crippen LogP contribution in [0.4, 0.5) is 5.95 Å². The lowest BCUT2D eigenvalue weighted by molar-refractivity contribution is -0.133. The highest BCUT2D eigenvalue weighted by Crippen LogP contribution is 2.14. The molecule has 0 aromatic carbocycles. The molecular formula is C9H17N5OS. The first-order valence-electron chi connectivity index (χ1n) is 5.24. The molecule has 0 bridgehead atoms. The van der Waals surface area contributed by atoms with Crippen LogP contribution in [0.15, 0.2) is 0 Å². The fourth-order valence-corrected chi connectivity index (χ4v) is 1.90. The van der Waals surface area contributed by atoms with Gasteiger partial charge < -0.3 is 10.6 Å². The molecule has 6 nitrogen and oxygen atoms in total. The molecule has 0 spiro atoms. The summed E-state index contributed by atoms with van der Waals surface area (Å²) in [6.45, 7) is 6.98. The fraction of sp³-hybridized carbons (Fsp3) is 0.667. The van der Waals surface area contributed by atoms with E-state index in [0.29, 0.717) is 17.9 Å². The van der Waals surface area contributed by atoms with Crippen LogP contribution in [0.2, 0.25) is 0 Å². The summed E-state index contributed by atoms with van der Waals surface area (Å²) < 4.78 is 1.89. The van der Waals surface area contributed by atoms with E-state index >= 15 is 0 Å². The van der Waals surface area contributed by atoms with Crippen molar-refractivity contribution < 1.29 is 4.79 Å². The Labute approximate surface area is 99.4 Å². The van der Waals surface area contributed by atoms with Crippen molar-refractivity contribution in [2.45, 2.75) is 26.8 Å². The summed E-state index contributed by atoms with van der Waals surface area (Å²) in [5.74, 6) is 0.229. The van der Waals surface area contributed by atoms with Crippen LogP contribution >= 0.6 is 12.2 Å². The number of nitrogens with two attached hydrogens (primary N) is 1. The number of anilines is 1. The summed E-state index contributed by atoms with van der Waals surface area (Å²) in [5.41, 5.74) is 5.65. The molecule has 0 aliphatic carbocycles. The number of carbonyl (C=O) groups is 1. The average Bonchev–Trinajstić information content (AvgIpc) is 2.59. The van der Waals surface area contributed by atoms with Gasteiger partial charge in [-0.3, -0.25) is 9.36 Å². The van der Waals surface area contributed by atoms with Gasteiger partial charge >= 0.3 is 0 Å². The van der Waals surface area contributed by atoms with Gasteiger partial charge in [-0.15, -0.1) is 5.10 Å². The largest absolute Gasteiger partial charge is 0.368 e. The van der Waals surface area contributed by atoms with Gasteiger partial charge in [-0.25, -0.2) is 5.10 Å². The van der Waals surface area contributed by atoms with Crippen molar-refractivity contribution in [1.29, 1.82) is 0 Å². The van der Waals surface area contributed by atoms with Crippen molar-refractivity contribution in [3.05, 3.63) is 4.77 Å². The SMILES string of the molecule is CCN(CC)C(=O)C(C)n1c(N)n[nH]c1=S. The Morgan fingerprint density at radius 2 is 2.19 bits per heavy atom. The summed E-state index contributed by atoms with van der Waals surface area (Å²) in [6.07, 6.45) is 0. The molecule has 1 heterocycles. The molecule has 0 radical (unpaired) electrons. The first-order chi connectivity index (χ1) is 7.52. The standard InChI is InChI=1S/C9H17N5OS/c1-4-13(5-2)7(15)6(3)14-8(10)11-12-9(14)16/h6H,4-5H2,1-3H3,(H2,10,11)(H,12,16). The molecule has 7 heteroatoms. The lowest BCUT2D eigenvalue weighted by atomic mass is 10.3. The number of hydrogen-bond acceptors (Lipinski definition) is 4. The van der Waals surface area contributed by atoms with Gasteiger partial charge in [-0.1, -0.05) is 0 Å². The van der Waals surface area contributed by atoms with Crippen LogP contribution in [0.5, 0.6) is 0 Å². The van der Waals surface area contributed by atoms with Gasteiger partial charge in [0.2, 0.25) is 11.9 Å². The van der Waals surface area contributed by atoms with Gasteiger partial charge in [0.1, 0.15) is 6.04 Å². The molecule has 16 heavy (non-hydrogen) atoms. The Bertz CT molecular complexity index is 420. The first kappa shape index (κ1) is 12.7. The van der Waals surface area contributed by atoms with Gasteiger partial charge in [-0.2, -0.15) is 0 Å². The highest BCUT2D eigenvalue weighted by atomic mass is 32.1. The summed E-state index contributed by atoms with van der Waals surface area (Å²) in [5, 5.41) is 6.35. The molecule has 1 rings (SSSR count). The monoisotopic (exact) mass is 243 g/mol. The molecule has 3 N–H and O–H groups in total. The third-order valence-corrected chi connectivity index (χ3v) is 2.84. The van der Waals surface area contributed by atoms with Crippen LogP contribution in [-0.4, -0.2) is 38.7 Å². The van der Waals surface area contributed by atoms with Crippen LogP contribution < -0.4 is 5.73 Å². The molecule has 0 saturated heterocycles. The predicted molar refractivity (Wildman–Crippen MR) is 64.5 cm³/mol. The number of aromatic nitrogens is 3. The molecule has 0 saturated carbocycles. The fourth-order valence-electron chi connectivity index (χ4n) is 1.60. The second-order valence-electron chi connectivity index (χ2n) is 3.44. The van der Waals surface area contributed by atoms with Crippen molar-refractivity contribution in [1.82, 2.24) is 19.7 Å². The smallest absolute Gasteiger partial charge is 0.245 e. The minimum absolute atomic E-state index is 0.00537. The van der Waals surface area contributed by atoms with Crippen LogP contribution in [0.3, 0.4) is 0 Å². The maximum Gasteiger partial charge on any atom is 0.245 e. The lowest BCUT2D eigenvalue weighted by Crippen LogP contribution is -2.36. The van der Waals surface area contributed by atoms with E-state index in [4.69, 9.17) is 18.0 Å². The normalized spacial score (nSPS) is 12.4. The van der Waals surface area contributed by atoms with Gasteiger partial charge in [0.15, 0.2) is 4.77 Å². The first-order valence-corrected chi connectivity index (χ1v) is 5.64. The molecule has 1 aromatic rings. The van der Waals surface area contributed by atoms with Crippen molar-refractivity contribution in [3.8, 4) is 0 Å². The Balaban J connectivity index is 2.98. The van der Waals surface area contributed by atoms with E-state index in [0.717, 1.165) is 0 Å². The van der Waals surface area contributed by atoms with E-state index < -0.39 is 6.04 Å². The van der Waals surface area contributed by atoms with Crippen LogP contribution in [-0.2, 0) is 4.79 Å². The minimum atomic E-state index is -0.425. The highest BCUT2D eigenvalue weighted by Gasteiger charge is 2.22. The van der Waals surface area contributed by atoms with E-state index in [2.05, 4.69) is 10.2 Å². The second-order valence-corrected chi connectivity index (χ2v) is 3.83. The molecule has 1 unspecified atom stereocenters. The third kappa shape index (κ3) is 2.24. The van der Waals surface area contributed by atoms with Gasteiger partial charge in [0, 0.05) is 13.1 Å². The highest BCUT2D eigenvalue weighted by molar-refractivity contribution is 7.71. The Hall–Kier alpha value is -1.37. The number of hydrogen-bond donors (Lipinski definition) is 2. The summed E-state index contributed by atoms with van der Waals surface area (Å²) in [4.78, 5) is 13.8. The zero-order valence-electron chi connectivity index (χ0n) is 9.73. The number of likely N-dealkylation sites (N-methyl/N-ethyl adjacent to an activating group) is 1. The maximum atomic E-state index is 12.1. The number of carbonyl (C=O) groups excluding carboxylic acids is 1. The zero-order chi connectivity index (χ0) is 12.3. The van der Waals surface area contributed by atoms with Crippen molar-refractivity contribution in [2.24, 2.45) is 0 Å². The minimum Gasteiger partial charge on any atom is -0.368 e. The Morgan fingerprint density at radius 3 is 2.56 bits per heavy atom. The van der Waals surface area contributed by atoms with Crippen LogP contribution in [0.25, 0.3) is 0 Å². The van der Waals surface area contributed by atoms with Crippen molar-refractivity contribution in [3.63, 3.8) is 0 Å². The summed E-state index contributed by atoms with van der Waals surface area (Å²) in [6, 6.07) is -0.425. The van der Waals surface area contributed by atoms with E-state index in [9.17, 15) is 4.79 Å². The van der Waals surface area contributed by atoms with E-state index in [1.54, 1.807) is 11.8 Å². The molecule has 1 aromatic heterocycles. The molecular weight excluding hydrogens is 226 g/mol. The number of nitrogens with one attached hydrogen (secondary N) is 1. The van der Waals surface area contributed by atoms with E-state index in [-0.39, 0.29) is 11.9 Å². The van der Waals surface area contributed by atoms with Crippen LogP contribution in [0.1, 0.15) is 26.8 Å². The van der Waals surface area contributed by atoms with Crippen molar-refractivity contribution >= 4 is 24.1 Å². The second kappa shape index (κ2) is 5.11. The Kier molecular flexibility index (Phi) is 4.05. The number of aromatic amines is 1. The van der Waals surface area contributed by atoms with Crippen molar-refractivity contribution in [2.75, 3.05) is 18.8 Å². The maximum absolute atomic E-state index is 12.1. The predicted octanol–water partition coefficient (Wildman–Crippen LogP) is 0.952. The van der Waals surface area contributed by atoms with Gasteiger partial charge in [0.05, 0.1) is 0 Å². The molecule has 0 aliphatic heterocycles. The summed E-state index contributed by atoms with van der Waals surface area (Å²) >= 11 is 5.02. The molecule has 1 atom stereocenters. The topological polar surface area (TPSA) is 79.9 Å². The van der Waals surface area contributed by atoms with E-state index in [1.807, 2.05) is 13.8 Å². The number of nitrogen functional groups attached to an aromatic ring is 1. The number of H-pyrrole nitrogens is 1. The summed E-state index contributed by atoms with van der Waals surface area (Å²) in [7, 11) is 0.